The summed E-state index contributed by atoms with van der Waals surface area (Å²) in [5.74, 6) is 0.0182. The maximum Gasteiger partial charge on any atom is 0.257 e. The first-order valence-electron chi connectivity index (χ1n) is 3.64. The van der Waals surface area contributed by atoms with Gasteiger partial charge in [-0.2, -0.15) is 0 Å². The van der Waals surface area contributed by atoms with Crippen LogP contribution in [0, 0.1) is 0 Å². The predicted octanol–water partition coefficient (Wildman–Crippen LogP) is 2.10. The van der Waals surface area contributed by atoms with Gasteiger partial charge in [0.2, 0.25) is 0 Å². The standard InChI is InChI=1S/C7H11NOS2/c9-7(8-11-10)6-4-2-1-3-5-6/h4,10H,1-3,5H2,(H,8,9). The van der Waals surface area contributed by atoms with E-state index in [1.54, 1.807) is 0 Å². The molecule has 2 nitrogen and oxygen atoms in total. The molecular formula is C7H11NOS2. The molecule has 1 rings (SSSR count). The Labute approximate surface area is 75.8 Å². The van der Waals surface area contributed by atoms with E-state index < -0.39 is 0 Å². The Morgan fingerprint density at radius 3 is 3.00 bits per heavy atom. The lowest BCUT2D eigenvalue weighted by Gasteiger charge is -2.10. The summed E-state index contributed by atoms with van der Waals surface area (Å²) in [5.41, 5.74) is 0.915. The van der Waals surface area contributed by atoms with Gasteiger partial charge in [-0.05, 0) is 25.7 Å². The quantitative estimate of drug-likeness (QED) is 0.396. The first kappa shape index (κ1) is 9.00. The molecule has 1 N–H and O–H groups in total. The van der Waals surface area contributed by atoms with Gasteiger partial charge in [0.15, 0.2) is 0 Å². The van der Waals surface area contributed by atoms with E-state index in [0.29, 0.717) is 0 Å². The van der Waals surface area contributed by atoms with Crippen LogP contribution < -0.4 is 4.72 Å². The number of rotatable bonds is 2. The molecule has 0 unspecified atom stereocenters. The number of hydrogen-bond acceptors (Lipinski definition) is 3. The summed E-state index contributed by atoms with van der Waals surface area (Å²) in [6, 6.07) is 0. The molecule has 0 radical (unpaired) electrons. The van der Waals surface area contributed by atoms with Crippen LogP contribution in [0.25, 0.3) is 0 Å². The summed E-state index contributed by atoms with van der Waals surface area (Å²) >= 11 is 3.84. The van der Waals surface area contributed by atoms with Crippen molar-refractivity contribution in [2.45, 2.75) is 25.7 Å². The average Bonchev–Trinajstić information content (AvgIpc) is 2.07. The van der Waals surface area contributed by atoms with Crippen LogP contribution in [0.4, 0.5) is 0 Å². The van der Waals surface area contributed by atoms with Gasteiger partial charge in [0, 0.05) is 16.6 Å². The second-order valence-electron chi connectivity index (χ2n) is 2.50. The molecule has 0 saturated heterocycles. The second-order valence-corrected chi connectivity index (χ2v) is 3.43. The van der Waals surface area contributed by atoms with E-state index in [0.717, 1.165) is 35.8 Å². The number of carbonyl (C=O) groups is 1. The van der Waals surface area contributed by atoms with Gasteiger partial charge in [-0.25, -0.2) is 0 Å². The molecule has 11 heavy (non-hydrogen) atoms. The molecule has 0 aromatic heterocycles. The molecule has 1 aliphatic rings. The topological polar surface area (TPSA) is 29.1 Å². The molecule has 0 saturated carbocycles. The van der Waals surface area contributed by atoms with Crippen LogP contribution in [0.5, 0.6) is 0 Å². The van der Waals surface area contributed by atoms with Crippen molar-refractivity contribution in [1.82, 2.24) is 4.72 Å². The van der Waals surface area contributed by atoms with Crippen molar-refractivity contribution in [3.63, 3.8) is 0 Å². The third-order valence-electron chi connectivity index (χ3n) is 1.72. The minimum Gasteiger partial charge on any atom is -0.287 e. The van der Waals surface area contributed by atoms with E-state index in [-0.39, 0.29) is 5.91 Å². The summed E-state index contributed by atoms with van der Waals surface area (Å²) in [6.45, 7) is 0. The van der Waals surface area contributed by atoms with Gasteiger partial charge < -0.3 is 0 Å². The molecule has 0 aromatic carbocycles. The molecule has 0 aliphatic heterocycles. The number of hydrogen-bond donors (Lipinski definition) is 2. The van der Waals surface area contributed by atoms with Crippen molar-refractivity contribution in [1.29, 1.82) is 0 Å². The Morgan fingerprint density at radius 2 is 2.45 bits per heavy atom. The summed E-state index contributed by atoms with van der Waals surface area (Å²) in [6.07, 6.45) is 6.32. The first-order valence-corrected chi connectivity index (χ1v) is 5.51. The molecule has 4 heteroatoms. The average molecular weight is 189 g/mol. The number of carbonyl (C=O) groups excluding carboxylic acids is 1. The molecule has 62 valence electrons. The Bertz CT molecular complexity index is 179. The highest BCUT2D eigenvalue weighted by Gasteiger charge is 2.10. The maximum absolute atomic E-state index is 11.1. The van der Waals surface area contributed by atoms with Crippen LogP contribution in [0.15, 0.2) is 11.6 Å². The first-order chi connectivity index (χ1) is 5.34. The third-order valence-corrected chi connectivity index (χ3v) is 2.27. The molecule has 0 aromatic rings. The van der Waals surface area contributed by atoms with E-state index >= 15 is 0 Å². The van der Waals surface area contributed by atoms with E-state index in [2.05, 4.69) is 16.4 Å². The fourth-order valence-electron chi connectivity index (χ4n) is 1.15. The van der Waals surface area contributed by atoms with E-state index in [9.17, 15) is 4.79 Å². The van der Waals surface area contributed by atoms with Crippen LogP contribution >= 0.6 is 22.6 Å². The van der Waals surface area contributed by atoms with E-state index in [1.807, 2.05) is 6.08 Å². The Morgan fingerprint density at radius 1 is 1.64 bits per heavy atom. The van der Waals surface area contributed by atoms with E-state index in [4.69, 9.17) is 0 Å². The SMILES string of the molecule is O=C(NSS)C1=CCCCC1. The van der Waals surface area contributed by atoms with Gasteiger partial charge in [0.05, 0.1) is 0 Å². The predicted molar refractivity (Wildman–Crippen MR) is 51.3 cm³/mol. The van der Waals surface area contributed by atoms with Gasteiger partial charge >= 0.3 is 0 Å². The Balaban J connectivity index is 2.44. The fraction of sp³-hybridized carbons (Fsp3) is 0.571. The highest BCUT2D eigenvalue weighted by molar-refractivity contribution is 8.68. The lowest BCUT2D eigenvalue weighted by Crippen LogP contribution is -2.17. The number of allylic oxidation sites excluding steroid dienone is 1. The number of amides is 1. The van der Waals surface area contributed by atoms with Crippen molar-refractivity contribution < 1.29 is 4.79 Å². The van der Waals surface area contributed by atoms with Crippen molar-refractivity contribution in [2.24, 2.45) is 0 Å². The van der Waals surface area contributed by atoms with Crippen molar-refractivity contribution >= 4 is 28.5 Å². The fourth-order valence-corrected chi connectivity index (χ4v) is 1.61. The molecule has 0 bridgehead atoms. The molecule has 0 heterocycles. The molecule has 0 spiro atoms. The van der Waals surface area contributed by atoms with Crippen molar-refractivity contribution in [3.05, 3.63) is 11.6 Å². The second kappa shape index (κ2) is 4.72. The van der Waals surface area contributed by atoms with Gasteiger partial charge in [0.1, 0.15) is 0 Å². The number of thiol groups is 1. The summed E-state index contributed by atoms with van der Waals surface area (Å²) in [5, 5.41) is 0. The molecular weight excluding hydrogens is 178 g/mol. The number of nitrogens with one attached hydrogen (secondary N) is 1. The normalized spacial score (nSPS) is 17.4. The van der Waals surface area contributed by atoms with Crippen LogP contribution in [-0.2, 0) is 4.79 Å². The maximum atomic E-state index is 11.1. The van der Waals surface area contributed by atoms with Crippen molar-refractivity contribution in [2.75, 3.05) is 0 Å². The smallest absolute Gasteiger partial charge is 0.257 e. The summed E-state index contributed by atoms with van der Waals surface area (Å²) in [7, 11) is 1.06. The van der Waals surface area contributed by atoms with Crippen LogP contribution in [0.1, 0.15) is 25.7 Å². The lowest BCUT2D eigenvalue weighted by molar-refractivity contribution is -0.115. The lowest BCUT2D eigenvalue weighted by atomic mass is 9.99. The molecule has 1 amide bonds. The van der Waals surface area contributed by atoms with Gasteiger partial charge in [-0.1, -0.05) is 17.7 Å². The Kier molecular flexibility index (Phi) is 3.86. The largest absolute Gasteiger partial charge is 0.287 e. The van der Waals surface area contributed by atoms with Crippen LogP contribution in [0.2, 0.25) is 0 Å². The summed E-state index contributed by atoms with van der Waals surface area (Å²) < 4.78 is 2.59. The third kappa shape index (κ3) is 2.79. The summed E-state index contributed by atoms with van der Waals surface area (Å²) in [4.78, 5) is 11.1. The zero-order chi connectivity index (χ0) is 8.10. The van der Waals surface area contributed by atoms with Gasteiger partial charge in [0.25, 0.3) is 5.91 Å². The minimum atomic E-state index is 0.0182. The monoisotopic (exact) mass is 189 g/mol. The molecule has 1 aliphatic carbocycles. The highest BCUT2D eigenvalue weighted by atomic mass is 33.1. The Hall–Kier alpha value is -0.0900. The zero-order valence-electron chi connectivity index (χ0n) is 6.17. The minimum absolute atomic E-state index is 0.0182. The van der Waals surface area contributed by atoms with E-state index in [1.165, 1.54) is 6.42 Å². The van der Waals surface area contributed by atoms with Gasteiger partial charge in [-0.3, -0.25) is 9.52 Å². The van der Waals surface area contributed by atoms with Crippen LogP contribution in [0.3, 0.4) is 0 Å². The van der Waals surface area contributed by atoms with Gasteiger partial charge in [-0.15, -0.1) is 0 Å². The molecule has 0 fully saturated rings. The highest BCUT2D eigenvalue weighted by Crippen LogP contribution is 2.18. The van der Waals surface area contributed by atoms with Crippen molar-refractivity contribution in [3.8, 4) is 0 Å². The van der Waals surface area contributed by atoms with Crippen LogP contribution in [-0.4, -0.2) is 5.91 Å². The molecule has 0 atom stereocenters. The zero-order valence-corrected chi connectivity index (χ0v) is 7.88.